The van der Waals surface area contributed by atoms with Gasteiger partial charge < -0.3 is 10.6 Å². The number of thiocarbonyl (C=S) groups is 1. The van der Waals surface area contributed by atoms with Crippen LogP contribution in [0.3, 0.4) is 0 Å². The maximum absolute atomic E-state index is 6.07. The lowest BCUT2D eigenvalue weighted by Crippen LogP contribution is -2.31. The highest BCUT2D eigenvalue weighted by atomic mass is 35.5. The van der Waals surface area contributed by atoms with Crippen molar-refractivity contribution in [2.24, 2.45) is 11.7 Å². The van der Waals surface area contributed by atoms with Crippen molar-refractivity contribution in [2.75, 3.05) is 11.9 Å². The van der Waals surface area contributed by atoms with Crippen LogP contribution in [-0.2, 0) is 0 Å². The minimum atomic E-state index is 0.408. The Kier molecular flexibility index (Phi) is 5.42. The van der Waals surface area contributed by atoms with E-state index in [-0.39, 0.29) is 0 Å². The fourth-order valence-electron chi connectivity index (χ4n) is 2.08. The molecule has 0 bridgehead atoms. The van der Waals surface area contributed by atoms with Crippen molar-refractivity contribution in [1.29, 1.82) is 0 Å². The first-order chi connectivity index (χ1) is 8.32. The number of anilines is 1. The van der Waals surface area contributed by atoms with Gasteiger partial charge in [0.2, 0.25) is 0 Å². The molecule has 2 nitrogen and oxygen atoms in total. The molecule has 100 valence electrons. The van der Waals surface area contributed by atoms with Crippen LogP contribution < -0.4 is 10.6 Å². The van der Waals surface area contributed by atoms with Crippen LogP contribution >= 0.6 is 23.8 Å². The monoisotopic (exact) mass is 284 g/mol. The van der Waals surface area contributed by atoms with Crippen LogP contribution in [0.4, 0.5) is 5.69 Å². The average molecular weight is 285 g/mol. The Balaban J connectivity index is 3.06. The molecular weight excluding hydrogens is 264 g/mol. The summed E-state index contributed by atoms with van der Waals surface area (Å²) in [6, 6.07) is 6.04. The van der Waals surface area contributed by atoms with Crippen molar-refractivity contribution in [2.45, 2.75) is 33.2 Å². The predicted molar refractivity (Wildman–Crippen MR) is 84.7 cm³/mol. The molecule has 0 saturated heterocycles. The summed E-state index contributed by atoms with van der Waals surface area (Å²) >= 11 is 11.2. The van der Waals surface area contributed by atoms with Gasteiger partial charge in [0.15, 0.2) is 0 Å². The van der Waals surface area contributed by atoms with Crippen molar-refractivity contribution in [1.82, 2.24) is 0 Å². The van der Waals surface area contributed by atoms with Crippen LogP contribution in [0.15, 0.2) is 18.2 Å². The third kappa shape index (κ3) is 3.85. The van der Waals surface area contributed by atoms with Gasteiger partial charge in [-0.15, -0.1) is 0 Å². The molecule has 0 aliphatic heterocycles. The molecule has 0 spiro atoms. The minimum absolute atomic E-state index is 0.408. The highest BCUT2D eigenvalue weighted by Gasteiger charge is 2.16. The second-order valence-corrected chi connectivity index (χ2v) is 5.99. The topological polar surface area (TPSA) is 29.3 Å². The van der Waals surface area contributed by atoms with E-state index in [1.54, 1.807) is 0 Å². The average Bonchev–Trinajstić information content (AvgIpc) is 2.26. The summed E-state index contributed by atoms with van der Waals surface area (Å²) in [4.78, 5) is 2.60. The molecule has 1 unspecified atom stereocenters. The van der Waals surface area contributed by atoms with Crippen LogP contribution in [0.2, 0.25) is 5.02 Å². The van der Waals surface area contributed by atoms with Crippen LogP contribution in [0.25, 0.3) is 0 Å². The molecule has 2 N–H and O–H groups in total. The number of nitrogens with two attached hydrogens (primary N) is 1. The zero-order valence-electron chi connectivity index (χ0n) is 11.4. The molecule has 1 rings (SSSR count). The van der Waals surface area contributed by atoms with Gasteiger partial charge in [-0.05, 0) is 37.5 Å². The molecule has 1 aromatic carbocycles. The van der Waals surface area contributed by atoms with Gasteiger partial charge in [-0.1, -0.05) is 37.7 Å². The fraction of sp³-hybridized carbons (Fsp3) is 0.500. The summed E-state index contributed by atoms with van der Waals surface area (Å²) < 4.78 is 0. The maximum Gasteiger partial charge on any atom is 0.106 e. The highest BCUT2D eigenvalue weighted by molar-refractivity contribution is 7.80. The molecule has 0 aromatic heterocycles. The zero-order chi connectivity index (χ0) is 13.9. The van der Waals surface area contributed by atoms with Crippen LogP contribution in [-0.4, -0.2) is 18.1 Å². The molecule has 0 saturated carbocycles. The van der Waals surface area contributed by atoms with E-state index in [0.29, 0.717) is 22.0 Å². The summed E-state index contributed by atoms with van der Waals surface area (Å²) in [5.74, 6) is 0.648. The minimum Gasteiger partial charge on any atom is -0.389 e. The van der Waals surface area contributed by atoms with E-state index in [0.717, 1.165) is 17.7 Å². The van der Waals surface area contributed by atoms with E-state index in [1.165, 1.54) is 0 Å². The number of hydrogen-bond donors (Lipinski definition) is 1. The largest absolute Gasteiger partial charge is 0.389 e. The van der Waals surface area contributed by atoms with Gasteiger partial charge in [0.05, 0.1) is 0 Å². The summed E-state index contributed by atoms with van der Waals surface area (Å²) in [5.41, 5.74) is 7.65. The van der Waals surface area contributed by atoms with Crippen LogP contribution in [0, 0.1) is 5.92 Å². The predicted octanol–water partition coefficient (Wildman–Crippen LogP) is 3.85. The summed E-state index contributed by atoms with van der Waals surface area (Å²) in [6.07, 6.45) is 1.11. The quantitative estimate of drug-likeness (QED) is 0.833. The highest BCUT2D eigenvalue weighted by Crippen LogP contribution is 2.27. The van der Waals surface area contributed by atoms with E-state index in [2.05, 4.69) is 32.7 Å². The van der Waals surface area contributed by atoms with Crippen molar-refractivity contribution >= 4 is 34.5 Å². The molecule has 1 atom stereocenters. The second-order valence-electron chi connectivity index (χ2n) is 5.12. The van der Waals surface area contributed by atoms with E-state index in [9.17, 15) is 0 Å². The molecule has 4 heteroatoms. The first kappa shape index (κ1) is 15.3. The normalized spacial score (nSPS) is 12.6. The summed E-state index contributed by atoms with van der Waals surface area (Å²) in [6.45, 7) is 6.64. The third-order valence-electron chi connectivity index (χ3n) is 3.08. The van der Waals surface area contributed by atoms with Crippen molar-refractivity contribution < 1.29 is 0 Å². The third-order valence-corrected chi connectivity index (χ3v) is 3.53. The summed E-state index contributed by atoms with van der Waals surface area (Å²) in [7, 11) is 2.06. The fourth-order valence-corrected chi connectivity index (χ4v) is 2.42. The van der Waals surface area contributed by atoms with Gasteiger partial charge in [0.25, 0.3) is 0 Å². The molecule has 18 heavy (non-hydrogen) atoms. The van der Waals surface area contributed by atoms with Crippen molar-refractivity contribution in [3.63, 3.8) is 0 Å². The molecule has 0 heterocycles. The lowest BCUT2D eigenvalue weighted by atomic mass is 10.0. The molecule has 1 aromatic rings. The Morgan fingerprint density at radius 1 is 1.39 bits per heavy atom. The summed E-state index contributed by atoms with van der Waals surface area (Å²) in [5, 5.41) is 0.702. The van der Waals surface area contributed by atoms with Gasteiger partial charge in [-0.2, -0.15) is 0 Å². The molecule has 0 aliphatic carbocycles. The van der Waals surface area contributed by atoms with E-state index in [4.69, 9.17) is 29.6 Å². The number of benzene rings is 1. The van der Waals surface area contributed by atoms with E-state index >= 15 is 0 Å². The Bertz CT molecular complexity index is 432. The Labute approximate surface area is 120 Å². The lowest BCUT2D eigenvalue weighted by molar-refractivity contribution is 0.504. The molecule has 0 radical (unpaired) electrons. The van der Waals surface area contributed by atoms with Crippen LogP contribution in [0.5, 0.6) is 0 Å². The number of rotatable bonds is 5. The Morgan fingerprint density at radius 3 is 2.50 bits per heavy atom. The van der Waals surface area contributed by atoms with Gasteiger partial charge in [0, 0.05) is 29.4 Å². The van der Waals surface area contributed by atoms with Gasteiger partial charge in [-0.25, -0.2) is 0 Å². The van der Waals surface area contributed by atoms with E-state index < -0.39 is 0 Å². The zero-order valence-corrected chi connectivity index (χ0v) is 13.0. The van der Waals surface area contributed by atoms with Gasteiger partial charge in [-0.3, -0.25) is 0 Å². The maximum atomic E-state index is 6.07. The first-order valence-electron chi connectivity index (χ1n) is 6.15. The molecule has 0 aliphatic rings. The van der Waals surface area contributed by atoms with Crippen molar-refractivity contribution in [3.8, 4) is 0 Å². The second kappa shape index (κ2) is 6.39. The van der Waals surface area contributed by atoms with Crippen LogP contribution in [0.1, 0.15) is 32.8 Å². The number of nitrogens with zero attached hydrogens (tertiary/aromatic N) is 1. The standard InChI is InChI=1S/C14H21ClN2S/c1-9(2)7-10(3)17(4)13-8-11(15)5-6-12(13)14(16)18/h5-6,8-10H,7H2,1-4H3,(H2,16,18). The number of halogens is 1. The Hall–Kier alpha value is -0.800. The lowest BCUT2D eigenvalue weighted by Gasteiger charge is -2.30. The molecule has 0 fully saturated rings. The van der Waals surface area contributed by atoms with Gasteiger partial charge in [0.1, 0.15) is 4.99 Å². The van der Waals surface area contributed by atoms with Crippen molar-refractivity contribution in [3.05, 3.63) is 28.8 Å². The van der Waals surface area contributed by atoms with E-state index in [1.807, 2.05) is 18.2 Å². The first-order valence-corrected chi connectivity index (χ1v) is 6.93. The molecule has 0 amide bonds. The molecular formula is C14H21ClN2S. The number of hydrogen-bond acceptors (Lipinski definition) is 2. The smallest absolute Gasteiger partial charge is 0.106 e. The van der Waals surface area contributed by atoms with Gasteiger partial charge >= 0.3 is 0 Å². The SMILES string of the molecule is CC(C)CC(C)N(C)c1cc(Cl)ccc1C(N)=S. The Morgan fingerprint density at radius 2 is 2.00 bits per heavy atom.